The van der Waals surface area contributed by atoms with Gasteiger partial charge in [-0.2, -0.15) is 0 Å². The molecular weight excluding hydrogens is 346 g/mol. The summed E-state index contributed by atoms with van der Waals surface area (Å²) in [4.78, 5) is 24.5. The van der Waals surface area contributed by atoms with Crippen LogP contribution in [-0.4, -0.2) is 42.8 Å². The molecule has 0 unspecified atom stereocenters. The van der Waals surface area contributed by atoms with Crippen molar-refractivity contribution in [2.75, 3.05) is 26.4 Å². The lowest BCUT2D eigenvalue weighted by Crippen LogP contribution is -2.36. The van der Waals surface area contributed by atoms with Gasteiger partial charge in [0.15, 0.2) is 17.6 Å². The van der Waals surface area contributed by atoms with Crippen LogP contribution < -0.4 is 9.88 Å². The highest BCUT2D eigenvalue weighted by molar-refractivity contribution is 5.93. The van der Waals surface area contributed by atoms with Crippen molar-refractivity contribution in [1.82, 2.24) is 9.88 Å². The molecular formula is C20H30N3O4+. The predicted molar refractivity (Wildman–Crippen MR) is 103 cm³/mol. The van der Waals surface area contributed by atoms with Gasteiger partial charge in [-0.25, -0.2) is 13.9 Å². The third-order valence-electron chi connectivity index (χ3n) is 4.46. The quantitative estimate of drug-likeness (QED) is 0.391. The maximum atomic E-state index is 12.4. The molecule has 0 aliphatic rings. The van der Waals surface area contributed by atoms with E-state index in [0.29, 0.717) is 31.9 Å². The van der Waals surface area contributed by atoms with Crippen LogP contribution >= 0.6 is 0 Å². The standard InChI is InChI=1S/C20H29N3O4/c1-5-22-15(4)23(14-19(24)21-11-8-12-26-6-2)18-13-16(9-10-17(18)22)20(25)27-7-3/h9-10,13H,5-8,11-12,14H2,1-4H3/p+1. The first-order chi connectivity index (χ1) is 13.0. The van der Waals surface area contributed by atoms with E-state index < -0.39 is 0 Å². The number of imidazole rings is 1. The molecule has 0 aliphatic carbocycles. The number of esters is 1. The number of carbonyl (C=O) groups excluding carboxylic acids is 2. The molecule has 1 heterocycles. The fraction of sp³-hybridized carbons (Fsp3) is 0.550. The maximum Gasteiger partial charge on any atom is 0.338 e. The van der Waals surface area contributed by atoms with E-state index in [1.807, 2.05) is 24.5 Å². The van der Waals surface area contributed by atoms with Crippen LogP contribution in [-0.2, 0) is 27.4 Å². The molecule has 7 heteroatoms. The molecule has 0 saturated heterocycles. The van der Waals surface area contributed by atoms with Crippen molar-refractivity contribution in [3.05, 3.63) is 29.6 Å². The smallest absolute Gasteiger partial charge is 0.338 e. The van der Waals surface area contributed by atoms with Crippen LogP contribution in [0, 0.1) is 6.92 Å². The van der Waals surface area contributed by atoms with Gasteiger partial charge in [0.2, 0.25) is 0 Å². The van der Waals surface area contributed by atoms with Crippen molar-refractivity contribution in [3.63, 3.8) is 0 Å². The van der Waals surface area contributed by atoms with Gasteiger partial charge in [0.25, 0.3) is 11.7 Å². The Morgan fingerprint density at radius 1 is 1.19 bits per heavy atom. The Morgan fingerprint density at radius 2 is 1.96 bits per heavy atom. The summed E-state index contributed by atoms with van der Waals surface area (Å²) < 4.78 is 14.5. The molecule has 148 valence electrons. The number of fused-ring (bicyclic) bond motifs is 1. The van der Waals surface area contributed by atoms with Gasteiger partial charge in [0, 0.05) is 32.7 Å². The number of ether oxygens (including phenoxy) is 2. The summed E-state index contributed by atoms with van der Waals surface area (Å²) in [5, 5.41) is 2.93. The summed E-state index contributed by atoms with van der Waals surface area (Å²) in [5.74, 6) is 0.558. The first-order valence-electron chi connectivity index (χ1n) is 9.57. The number of aryl methyl sites for hydroxylation is 1. The van der Waals surface area contributed by atoms with Gasteiger partial charge < -0.3 is 14.8 Å². The van der Waals surface area contributed by atoms with Crippen LogP contribution in [0.25, 0.3) is 11.0 Å². The lowest BCUT2D eigenvalue weighted by Gasteiger charge is -2.05. The Kier molecular flexibility index (Phi) is 7.79. The van der Waals surface area contributed by atoms with E-state index in [4.69, 9.17) is 9.47 Å². The highest BCUT2D eigenvalue weighted by Gasteiger charge is 2.24. The second-order valence-electron chi connectivity index (χ2n) is 6.20. The third-order valence-corrected chi connectivity index (χ3v) is 4.46. The number of amides is 1. The van der Waals surface area contributed by atoms with Crippen LogP contribution in [0.5, 0.6) is 0 Å². The van der Waals surface area contributed by atoms with E-state index in [1.54, 1.807) is 19.1 Å². The van der Waals surface area contributed by atoms with E-state index in [0.717, 1.165) is 29.8 Å². The van der Waals surface area contributed by atoms with Crippen LogP contribution in [0.1, 0.15) is 43.4 Å². The Hall–Kier alpha value is -2.41. The molecule has 7 nitrogen and oxygen atoms in total. The molecule has 2 rings (SSSR count). The largest absolute Gasteiger partial charge is 0.462 e. The monoisotopic (exact) mass is 376 g/mol. The maximum absolute atomic E-state index is 12.4. The zero-order chi connectivity index (χ0) is 19.8. The minimum Gasteiger partial charge on any atom is -0.462 e. The molecule has 0 aliphatic heterocycles. The van der Waals surface area contributed by atoms with Crippen molar-refractivity contribution in [1.29, 1.82) is 0 Å². The number of hydrogen-bond donors (Lipinski definition) is 1. The normalized spacial score (nSPS) is 11.0. The highest BCUT2D eigenvalue weighted by Crippen LogP contribution is 2.17. The Morgan fingerprint density at radius 3 is 2.63 bits per heavy atom. The minimum absolute atomic E-state index is 0.0590. The zero-order valence-corrected chi connectivity index (χ0v) is 16.7. The van der Waals surface area contributed by atoms with E-state index in [-0.39, 0.29) is 18.4 Å². The minimum atomic E-state index is -0.353. The van der Waals surface area contributed by atoms with Crippen molar-refractivity contribution < 1.29 is 23.6 Å². The average molecular weight is 376 g/mol. The molecule has 0 radical (unpaired) electrons. The number of benzene rings is 1. The summed E-state index contributed by atoms with van der Waals surface area (Å²) in [5.41, 5.74) is 2.33. The molecule has 1 aromatic carbocycles. The van der Waals surface area contributed by atoms with Gasteiger partial charge in [-0.15, -0.1) is 0 Å². The molecule has 0 atom stereocenters. The van der Waals surface area contributed by atoms with Gasteiger partial charge in [-0.3, -0.25) is 4.79 Å². The fourth-order valence-corrected chi connectivity index (χ4v) is 3.15. The lowest BCUT2D eigenvalue weighted by atomic mass is 10.2. The summed E-state index contributed by atoms with van der Waals surface area (Å²) in [7, 11) is 0. The summed E-state index contributed by atoms with van der Waals surface area (Å²) >= 11 is 0. The Balaban J connectivity index is 2.23. The molecule has 0 bridgehead atoms. The van der Waals surface area contributed by atoms with Gasteiger partial charge in [-0.05, 0) is 39.3 Å². The number of carbonyl (C=O) groups is 2. The van der Waals surface area contributed by atoms with Crippen LogP contribution in [0.4, 0.5) is 0 Å². The van der Waals surface area contributed by atoms with Crippen molar-refractivity contribution in [2.45, 2.75) is 47.2 Å². The summed E-state index contributed by atoms with van der Waals surface area (Å²) in [6.45, 7) is 11.0. The lowest BCUT2D eigenvalue weighted by molar-refractivity contribution is -0.674. The fourth-order valence-electron chi connectivity index (χ4n) is 3.15. The average Bonchev–Trinajstić information content (AvgIpc) is 2.92. The summed E-state index contributed by atoms with van der Waals surface area (Å²) in [6, 6.07) is 5.48. The summed E-state index contributed by atoms with van der Waals surface area (Å²) in [6.07, 6.45) is 0.785. The molecule has 2 aromatic rings. The molecule has 1 N–H and O–H groups in total. The van der Waals surface area contributed by atoms with Gasteiger partial charge in [0.05, 0.1) is 18.7 Å². The topological polar surface area (TPSA) is 73.4 Å². The van der Waals surface area contributed by atoms with E-state index in [2.05, 4.69) is 16.8 Å². The first kappa shape index (κ1) is 20.9. The second kappa shape index (κ2) is 10.1. The SMILES string of the molecule is CCOCCCNC(=O)Cn1c(C)[n+](CC)c2ccc(C(=O)OCC)cc21. The predicted octanol–water partition coefficient (Wildman–Crippen LogP) is 1.98. The van der Waals surface area contributed by atoms with E-state index in [9.17, 15) is 9.59 Å². The van der Waals surface area contributed by atoms with Gasteiger partial charge in [0.1, 0.15) is 0 Å². The first-order valence-corrected chi connectivity index (χ1v) is 9.57. The van der Waals surface area contributed by atoms with Crippen LogP contribution in [0.2, 0.25) is 0 Å². The van der Waals surface area contributed by atoms with Crippen LogP contribution in [0.3, 0.4) is 0 Å². The molecule has 1 amide bonds. The molecule has 0 fully saturated rings. The van der Waals surface area contributed by atoms with Crippen molar-refractivity contribution >= 4 is 22.9 Å². The molecule has 0 saturated carbocycles. The number of rotatable bonds is 10. The van der Waals surface area contributed by atoms with Gasteiger partial charge in [-0.1, -0.05) is 0 Å². The molecule has 0 spiro atoms. The Labute approximate surface area is 160 Å². The number of nitrogens with one attached hydrogen (secondary N) is 1. The highest BCUT2D eigenvalue weighted by atomic mass is 16.5. The van der Waals surface area contributed by atoms with Crippen molar-refractivity contribution in [2.24, 2.45) is 0 Å². The third kappa shape index (κ3) is 5.07. The van der Waals surface area contributed by atoms with Crippen molar-refractivity contribution in [3.8, 4) is 0 Å². The molecule has 27 heavy (non-hydrogen) atoms. The zero-order valence-electron chi connectivity index (χ0n) is 16.7. The second-order valence-corrected chi connectivity index (χ2v) is 6.20. The van der Waals surface area contributed by atoms with Crippen LogP contribution in [0.15, 0.2) is 18.2 Å². The molecule has 1 aromatic heterocycles. The number of hydrogen-bond acceptors (Lipinski definition) is 4. The number of nitrogens with zero attached hydrogens (tertiary/aromatic N) is 2. The van der Waals surface area contributed by atoms with E-state index >= 15 is 0 Å². The Bertz CT molecular complexity index is 798. The number of aromatic nitrogens is 2. The van der Waals surface area contributed by atoms with Gasteiger partial charge >= 0.3 is 5.97 Å². The van der Waals surface area contributed by atoms with E-state index in [1.165, 1.54) is 0 Å².